The molecular weight excluding hydrogens is 250 g/mol. The number of likely N-dealkylation sites (N-methyl/N-ethyl adjacent to an activating group) is 1. The molecule has 4 nitrogen and oxygen atoms in total. The van der Waals surface area contributed by atoms with Crippen LogP contribution in [-0.4, -0.2) is 43.0 Å². The van der Waals surface area contributed by atoms with Gasteiger partial charge in [-0.15, -0.1) is 0 Å². The van der Waals surface area contributed by atoms with E-state index in [9.17, 15) is 4.79 Å². The van der Waals surface area contributed by atoms with Crippen LogP contribution in [0.1, 0.15) is 11.3 Å². The van der Waals surface area contributed by atoms with E-state index in [1.54, 1.807) is 0 Å². The van der Waals surface area contributed by atoms with E-state index in [0.29, 0.717) is 13.0 Å². The quantitative estimate of drug-likeness (QED) is 0.901. The topological polar surface area (TPSA) is 45.2 Å². The van der Waals surface area contributed by atoms with Gasteiger partial charge in [-0.2, -0.15) is 0 Å². The molecule has 0 aliphatic carbocycles. The van der Waals surface area contributed by atoms with Crippen molar-refractivity contribution < 1.29 is 4.79 Å². The van der Waals surface area contributed by atoms with Crippen LogP contribution in [0.15, 0.2) is 30.3 Å². The van der Waals surface area contributed by atoms with Gasteiger partial charge < -0.3 is 10.2 Å². The maximum atomic E-state index is 11.8. The van der Waals surface area contributed by atoms with Gasteiger partial charge in [0.2, 0.25) is 5.91 Å². The van der Waals surface area contributed by atoms with Crippen molar-refractivity contribution in [2.75, 3.05) is 27.2 Å². The third kappa shape index (κ3) is 4.03. The lowest BCUT2D eigenvalue weighted by Crippen LogP contribution is -2.32. The average Bonchev–Trinajstić information content (AvgIpc) is 2.38. The van der Waals surface area contributed by atoms with Crippen molar-refractivity contribution in [1.29, 1.82) is 0 Å². The Labute approximate surface area is 119 Å². The minimum absolute atomic E-state index is 0.0193. The van der Waals surface area contributed by atoms with E-state index in [1.807, 2.05) is 43.3 Å². The lowest BCUT2D eigenvalue weighted by Gasteiger charge is -2.10. The van der Waals surface area contributed by atoms with Crippen LogP contribution in [0.2, 0.25) is 0 Å². The summed E-state index contributed by atoms with van der Waals surface area (Å²) in [5.74, 6) is 0.0193. The highest BCUT2D eigenvalue weighted by Gasteiger charge is 2.05. The summed E-state index contributed by atoms with van der Waals surface area (Å²) >= 11 is 0. The Bertz CT molecular complexity index is 608. The smallest absolute Gasteiger partial charge is 0.226 e. The summed E-state index contributed by atoms with van der Waals surface area (Å²) in [4.78, 5) is 18.4. The second kappa shape index (κ2) is 6.48. The van der Waals surface area contributed by atoms with E-state index in [0.717, 1.165) is 23.1 Å². The molecule has 2 aromatic rings. The van der Waals surface area contributed by atoms with Crippen molar-refractivity contribution in [3.63, 3.8) is 0 Å². The number of carbonyl (C=O) groups is 1. The van der Waals surface area contributed by atoms with Gasteiger partial charge in [0.25, 0.3) is 0 Å². The van der Waals surface area contributed by atoms with E-state index < -0.39 is 0 Å². The summed E-state index contributed by atoms with van der Waals surface area (Å²) in [5.41, 5.74) is 2.96. The van der Waals surface area contributed by atoms with Crippen molar-refractivity contribution in [2.24, 2.45) is 0 Å². The zero-order chi connectivity index (χ0) is 14.5. The number of aromatic nitrogens is 1. The summed E-state index contributed by atoms with van der Waals surface area (Å²) in [5, 5.41) is 4.01. The average molecular weight is 271 g/mol. The van der Waals surface area contributed by atoms with E-state index >= 15 is 0 Å². The first-order chi connectivity index (χ1) is 9.54. The molecule has 0 aliphatic heterocycles. The zero-order valence-electron chi connectivity index (χ0n) is 12.3. The summed E-state index contributed by atoms with van der Waals surface area (Å²) in [6, 6.07) is 10.1. The third-order valence-corrected chi connectivity index (χ3v) is 3.13. The number of benzene rings is 1. The minimum atomic E-state index is 0.0193. The lowest BCUT2D eigenvalue weighted by molar-refractivity contribution is -0.120. The number of pyridine rings is 1. The number of carbonyl (C=O) groups excluding carboxylic acids is 1. The Morgan fingerprint density at radius 3 is 2.80 bits per heavy atom. The van der Waals surface area contributed by atoms with Crippen LogP contribution in [0.3, 0.4) is 0 Å². The van der Waals surface area contributed by atoms with E-state index in [-0.39, 0.29) is 5.91 Å². The molecule has 0 saturated heterocycles. The number of fused-ring (bicyclic) bond motifs is 1. The molecule has 0 aliphatic rings. The van der Waals surface area contributed by atoms with E-state index in [4.69, 9.17) is 0 Å². The fraction of sp³-hybridized carbons (Fsp3) is 0.375. The molecule has 20 heavy (non-hydrogen) atoms. The molecule has 1 N–H and O–H groups in total. The van der Waals surface area contributed by atoms with E-state index in [1.165, 1.54) is 5.56 Å². The molecule has 0 saturated carbocycles. The van der Waals surface area contributed by atoms with Crippen molar-refractivity contribution in [2.45, 2.75) is 13.3 Å². The van der Waals surface area contributed by atoms with Gasteiger partial charge >= 0.3 is 0 Å². The van der Waals surface area contributed by atoms with Crippen molar-refractivity contribution in [3.05, 3.63) is 41.6 Å². The van der Waals surface area contributed by atoms with E-state index in [2.05, 4.69) is 23.3 Å². The number of nitrogens with one attached hydrogen (secondary N) is 1. The molecule has 1 aromatic heterocycles. The van der Waals surface area contributed by atoms with Gasteiger partial charge in [0.1, 0.15) is 0 Å². The van der Waals surface area contributed by atoms with Crippen molar-refractivity contribution >= 4 is 16.8 Å². The highest BCUT2D eigenvalue weighted by Crippen LogP contribution is 2.14. The SMILES string of the molecule is Cc1ccc2nc(CC(=O)NCCN(C)C)ccc2c1. The van der Waals surface area contributed by atoms with Gasteiger partial charge in [0, 0.05) is 18.5 Å². The molecule has 1 amide bonds. The predicted molar refractivity (Wildman–Crippen MR) is 81.7 cm³/mol. The number of aryl methyl sites for hydroxylation is 1. The predicted octanol–water partition coefficient (Wildman–Crippen LogP) is 1.76. The lowest BCUT2D eigenvalue weighted by atomic mass is 10.1. The molecule has 0 radical (unpaired) electrons. The maximum absolute atomic E-state index is 11.8. The van der Waals surface area contributed by atoms with Crippen molar-refractivity contribution in [1.82, 2.24) is 15.2 Å². The van der Waals surface area contributed by atoms with Crippen molar-refractivity contribution in [3.8, 4) is 0 Å². The summed E-state index contributed by atoms with van der Waals surface area (Å²) in [7, 11) is 3.97. The van der Waals surface area contributed by atoms with Crippen LogP contribution in [0.5, 0.6) is 0 Å². The highest BCUT2D eigenvalue weighted by atomic mass is 16.1. The first-order valence-electron chi connectivity index (χ1n) is 6.82. The third-order valence-electron chi connectivity index (χ3n) is 3.13. The number of hydrogen-bond donors (Lipinski definition) is 1. The van der Waals surface area contributed by atoms with Gasteiger partial charge in [-0.1, -0.05) is 17.7 Å². The molecule has 0 fully saturated rings. The van der Waals surface area contributed by atoms with Gasteiger partial charge in [-0.3, -0.25) is 9.78 Å². The number of amides is 1. The maximum Gasteiger partial charge on any atom is 0.226 e. The standard InChI is InChI=1S/C16H21N3O/c1-12-4-7-15-13(10-12)5-6-14(18-15)11-16(20)17-8-9-19(2)3/h4-7,10H,8-9,11H2,1-3H3,(H,17,20). The highest BCUT2D eigenvalue weighted by molar-refractivity contribution is 5.82. The molecule has 1 heterocycles. The van der Waals surface area contributed by atoms with Gasteiger partial charge in [0.05, 0.1) is 17.6 Å². The molecule has 2 rings (SSSR count). The number of nitrogens with zero attached hydrogens (tertiary/aromatic N) is 2. The molecule has 106 valence electrons. The second-order valence-corrected chi connectivity index (χ2v) is 5.33. The second-order valence-electron chi connectivity index (χ2n) is 5.33. The van der Waals surface area contributed by atoms with Crippen LogP contribution in [0.4, 0.5) is 0 Å². The molecule has 1 aromatic carbocycles. The fourth-order valence-corrected chi connectivity index (χ4v) is 2.03. The van der Waals surface area contributed by atoms with Gasteiger partial charge in [-0.05, 0) is 39.2 Å². The summed E-state index contributed by atoms with van der Waals surface area (Å²) in [6.07, 6.45) is 0.331. The Kier molecular flexibility index (Phi) is 4.69. The monoisotopic (exact) mass is 271 g/mol. The fourth-order valence-electron chi connectivity index (χ4n) is 2.03. The zero-order valence-corrected chi connectivity index (χ0v) is 12.3. The Morgan fingerprint density at radius 2 is 2.05 bits per heavy atom. The van der Waals surface area contributed by atoms with Crippen LogP contribution in [0.25, 0.3) is 10.9 Å². The van der Waals surface area contributed by atoms with Crippen LogP contribution >= 0.6 is 0 Å². The largest absolute Gasteiger partial charge is 0.354 e. The Balaban J connectivity index is 1.99. The van der Waals surface area contributed by atoms with Crippen LogP contribution in [-0.2, 0) is 11.2 Å². The van der Waals surface area contributed by atoms with Crippen LogP contribution in [0, 0.1) is 6.92 Å². The van der Waals surface area contributed by atoms with Gasteiger partial charge in [-0.25, -0.2) is 0 Å². The molecule has 0 bridgehead atoms. The number of hydrogen-bond acceptors (Lipinski definition) is 3. The number of rotatable bonds is 5. The summed E-state index contributed by atoms with van der Waals surface area (Å²) in [6.45, 7) is 3.57. The molecule has 0 unspecified atom stereocenters. The molecule has 4 heteroatoms. The minimum Gasteiger partial charge on any atom is -0.354 e. The molecular formula is C16H21N3O. The Morgan fingerprint density at radius 1 is 1.25 bits per heavy atom. The molecule has 0 atom stereocenters. The first-order valence-corrected chi connectivity index (χ1v) is 6.82. The van der Waals surface area contributed by atoms with Crippen LogP contribution < -0.4 is 5.32 Å². The molecule has 0 spiro atoms. The summed E-state index contributed by atoms with van der Waals surface area (Å²) < 4.78 is 0. The first kappa shape index (κ1) is 14.5. The Hall–Kier alpha value is -1.94. The van der Waals surface area contributed by atoms with Gasteiger partial charge in [0.15, 0.2) is 0 Å². The normalized spacial score (nSPS) is 11.0.